The van der Waals surface area contributed by atoms with Crippen LogP contribution in [0.5, 0.6) is 5.75 Å². The number of carbonyl (C=O) groups excluding carboxylic acids is 1. The van der Waals surface area contributed by atoms with E-state index in [1.807, 2.05) is 12.1 Å². The normalized spacial score (nSPS) is 17.0. The third kappa shape index (κ3) is 9.40. The monoisotopic (exact) mass is 524 g/mol. The molecule has 3 rings (SSSR count). The van der Waals surface area contributed by atoms with Crippen LogP contribution in [0.4, 0.5) is 0 Å². The number of esters is 1. The summed E-state index contributed by atoms with van der Waals surface area (Å²) >= 11 is 0. The zero-order valence-electron chi connectivity index (χ0n) is 23.9. The van der Waals surface area contributed by atoms with Crippen LogP contribution in [0.1, 0.15) is 124 Å². The number of allylic oxidation sites excluding steroid dienone is 2. The Balaban J connectivity index is 1.49. The van der Waals surface area contributed by atoms with Gasteiger partial charge in [0.1, 0.15) is 23.5 Å². The molecular formula is C35H44N2O2. The molecule has 1 aliphatic carbocycles. The first-order valence-electron chi connectivity index (χ1n) is 15.0. The first-order chi connectivity index (χ1) is 19.1. The SMILES string of the molecule is CCCCCc1ccc(OC(=O)c2ccc(CC/C=C/[C@H]3CC[C@H](CCCCC)CC3)cc2)c(C#N)c1C#N. The highest BCUT2D eigenvalue weighted by molar-refractivity contribution is 5.91. The van der Waals surface area contributed by atoms with E-state index in [2.05, 4.69) is 38.1 Å². The van der Waals surface area contributed by atoms with Crippen LogP contribution >= 0.6 is 0 Å². The maximum Gasteiger partial charge on any atom is 0.343 e. The number of nitrogens with zero attached hydrogens (tertiary/aromatic N) is 2. The minimum absolute atomic E-state index is 0.133. The summed E-state index contributed by atoms with van der Waals surface area (Å²) in [5.74, 6) is 1.30. The molecule has 0 unspecified atom stereocenters. The predicted molar refractivity (Wildman–Crippen MR) is 158 cm³/mol. The molecule has 0 bridgehead atoms. The average molecular weight is 525 g/mol. The maximum absolute atomic E-state index is 12.8. The van der Waals surface area contributed by atoms with Gasteiger partial charge in [-0.05, 0) is 92.5 Å². The van der Waals surface area contributed by atoms with Crippen molar-refractivity contribution in [1.29, 1.82) is 10.5 Å². The first-order valence-corrected chi connectivity index (χ1v) is 15.0. The van der Waals surface area contributed by atoms with Gasteiger partial charge in [0, 0.05) is 0 Å². The number of unbranched alkanes of at least 4 members (excludes halogenated alkanes) is 4. The second-order valence-electron chi connectivity index (χ2n) is 11.0. The van der Waals surface area contributed by atoms with E-state index in [-0.39, 0.29) is 11.3 Å². The van der Waals surface area contributed by atoms with Crippen molar-refractivity contribution in [3.05, 3.63) is 76.4 Å². The molecular weight excluding hydrogens is 480 g/mol. The van der Waals surface area contributed by atoms with Crippen LogP contribution in [0.25, 0.3) is 0 Å². The lowest BCUT2D eigenvalue weighted by atomic mass is 9.79. The summed E-state index contributed by atoms with van der Waals surface area (Å²) in [7, 11) is 0. The minimum Gasteiger partial charge on any atom is -0.421 e. The van der Waals surface area contributed by atoms with Crippen molar-refractivity contribution >= 4 is 5.97 Å². The van der Waals surface area contributed by atoms with Crippen LogP contribution in [0.15, 0.2) is 48.6 Å². The summed E-state index contributed by atoms with van der Waals surface area (Å²) in [5.41, 5.74) is 2.88. The van der Waals surface area contributed by atoms with E-state index in [4.69, 9.17) is 4.74 Å². The molecule has 1 aliphatic rings. The van der Waals surface area contributed by atoms with Crippen LogP contribution < -0.4 is 4.74 Å². The van der Waals surface area contributed by atoms with Gasteiger partial charge < -0.3 is 4.74 Å². The summed E-state index contributed by atoms with van der Waals surface area (Å²) in [6, 6.07) is 15.1. The molecule has 0 spiro atoms. The van der Waals surface area contributed by atoms with E-state index in [0.29, 0.717) is 11.1 Å². The zero-order valence-corrected chi connectivity index (χ0v) is 23.9. The largest absolute Gasteiger partial charge is 0.421 e. The Morgan fingerprint density at radius 2 is 1.56 bits per heavy atom. The molecule has 206 valence electrons. The van der Waals surface area contributed by atoms with E-state index < -0.39 is 5.97 Å². The van der Waals surface area contributed by atoms with Crippen molar-refractivity contribution in [2.45, 2.75) is 104 Å². The van der Waals surface area contributed by atoms with E-state index in [1.165, 1.54) is 56.9 Å². The molecule has 4 nitrogen and oxygen atoms in total. The number of benzene rings is 2. The van der Waals surface area contributed by atoms with Crippen LogP contribution in [-0.4, -0.2) is 5.97 Å². The fraction of sp³-hybridized carbons (Fsp3) is 0.514. The summed E-state index contributed by atoms with van der Waals surface area (Å²) < 4.78 is 5.56. The van der Waals surface area contributed by atoms with Crippen molar-refractivity contribution in [1.82, 2.24) is 0 Å². The third-order valence-corrected chi connectivity index (χ3v) is 8.03. The van der Waals surface area contributed by atoms with Crippen molar-refractivity contribution in [3.8, 4) is 17.9 Å². The molecule has 1 saturated carbocycles. The fourth-order valence-electron chi connectivity index (χ4n) is 5.58. The quantitative estimate of drug-likeness (QED) is 0.107. The number of hydrogen-bond donors (Lipinski definition) is 0. The fourth-order valence-corrected chi connectivity index (χ4v) is 5.58. The van der Waals surface area contributed by atoms with Crippen molar-refractivity contribution in [2.24, 2.45) is 11.8 Å². The lowest BCUT2D eigenvalue weighted by Gasteiger charge is -2.26. The van der Waals surface area contributed by atoms with Crippen LogP contribution in [-0.2, 0) is 12.8 Å². The van der Waals surface area contributed by atoms with Gasteiger partial charge in [0.05, 0.1) is 11.1 Å². The second kappa shape index (κ2) is 16.6. The number of ether oxygens (including phenoxy) is 1. The molecule has 2 aromatic carbocycles. The molecule has 0 aliphatic heterocycles. The van der Waals surface area contributed by atoms with Gasteiger partial charge in [-0.1, -0.05) is 82.7 Å². The van der Waals surface area contributed by atoms with E-state index >= 15 is 0 Å². The number of carbonyl (C=O) groups is 1. The average Bonchev–Trinajstić information content (AvgIpc) is 2.97. The molecule has 0 saturated heterocycles. The molecule has 0 atom stereocenters. The molecule has 39 heavy (non-hydrogen) atoms. The number of hydrogen-bond acceptors (Lipinski definition) is 4. The first kappa shape index (κ1) is 30.2. The maximum atomic E-state index is 12.8. The topological polar surface area (TPSA) is 73.9 Å². The minimum atomic E-state index is -0.522. The Morgan fingerprint density at radius 3 is 2.23 bits per heavy atom. The Labute approximate surface area is 235 Å². The Morgan fingerprint density at radius 1 is 0.872 bits per heavy atom. The summed E-state index contributed by atoms with van der Waals surface area (Å²) in [4.78, 5) is 12.8. The lowest BCUT2D eigenvalue weighted by molar-refractivity contribution is 0.0734. The lowest BCUT2D eigenvalue weighted by Crippen LogP contribution is -2.13. The number of aryl methyl sites for hydroxylation is 2. The van der Waals surface area contributed by atoms with Crippen LogP contribution in [0.2, 0.25) is 0 Å². The zero-order chi connectivity index (χ0) is 27.9. The second-order valence-corrected chi connectivity index (χ2v) is 11.0. The number of rotatable bonds is 14. The van der Waals surface area contributed by atoms with Crippen LogP contribution in [0, 0.1) is 34.5 Å². The predicted octanol–water partition coefficient (Wildman–Crippen LogP) is 9.26. The van der Waals surface area contributed by atoms with Gasteiger partial charge in [-0.2, -0.15) is 10.5 Å². The highest BCUT2D eigenvalue weighted by Crippen LogP contribution is 2.33. The van der Waals surface area contributed by atoms with Gasteiger partial charge in [-0.15, -0.1) is 0 Å². The summed E-state index contributed by atoms with van der Waals surface area (Å²) in [6.45, 7) is 4.40. The van der Waals surface area contributed by atoms with Crippen molar-refractivity contribution in [3.63, 3.8) is 0 Å². The van der Waals surface area contributed by atoms with E-state index in [9.17, 15) is 15.3 Å². The Bertz CT molecular complexity index is 1160. The van der Waals surface area contributed by atoms with Gasteiger partial charge in [0.2, 0.25) is 0 Å². The Kier molecular flexibility index (Phi) is 12.8. The highest BCUT2D eigenvalue weighted by Gasteiger charge is 2.19. The molecule has 1 fully saturated rings. The number of nitriles is 2. The molecule has 0 radical (unpaired) electrons. The summed E-state index contributed by atoms with van der Waals surface area (Å²) in [6.07, 6.45) is 21.4. The molecule has 4 heteroatoms. The van der Waals surface area contributed by atoms with Gasteiger partial charge in [-0.25, -0.2) is 4.79 Å². The van der Waals surface area contributed by atoms with Gasteiger partial charge in [0.25, 0.3) is 0 Å². The van der Waals surface area contributed by atoms with Gasteiger partial charge in [0.15, 0.2) is 0 Å². The molecule has 0 aromatic heterocycles. The van der Waals surface area contributed by atoms with Crippen LogP contribution in [0.3, 0.4) is 0 Å². The van der Waals surface area contributed by atoms with E-state index in [0.717, 1.165) is 55.9 Å². The molecule has 2 aromatic rings. The molecule has 0 N–H and O–H groups in total. The highest BCUT2D eigenvalue weighted by atomic mass is 16.5. The van der Waals surface area contributed by atoms with Crippen molar-refractivity contribution < 1.29 is 9.53 Å². The third-order valence-electron chi connectivity index (χ3n) is 8.03. The summed E-state index contributed by atoms with van der Waals surface area (Å²) in [5, 5.41) is 19.3. The van der Waals surface area contributed by atoms with Gasteiger partial charge in [-0.3, -0.25) is 0 Å². The van der Waals surface area contributed by atoms with Gasteiger partial charge >= 0.3 is 5.97 Å². The van der Waals surface area contributed by atoms with E-state index in [1.54, 1.807) is 24.3 Å². The standard InChI is InChI=1S/C35H44N2O2/c1-3-5-7-11-27-15-17-28(18-16-27)12-9-10-13-29-19-21-31(22-20-29)35(38)39-34-24-23-30(14-8-6-4-2)32(25-36)33(34)26-37/h9,12,19-24,27-28H,3-8,10-11,13-18H2,1-2H3/b12-9+/t27-,28-. The Hall–Kier alpha value is -3.37. The molecule has 0 heterocycles. The smallest absolute Gasteiger partial charge is 0.343 e. The molecule has 0 amide bonds. The van der Waals surface area contributed by atoms with Crippen molar-refractivity contribution in [2.75, 3.05) is 0 Å².